The van der Waals surface area contributed by atoms with Crippen LogP contribution < -0.4 is 5.32 Å². The van der Waals surface area contributed by atoms with Gasteiger partial charge < -0.3 is 5.32 Å². The maximum atomic E-state index is 13.7. The Morgan fingerprint density at radius 2 is 1.72 bits per heavy atom. The first-order valence-corrected chi connectivity index (χ1v) is 6.86. The molecule has 0 saturated heterocycles. The third-order valence-corrected chi connectivity index (χ3v) is 3.53. The first-order chi connectivity index (χ1) is 11.4. The summed E-state index contributed by atoms with van der Waals surface area (Å²) in [6, 6.07) is 1.14. The number of hydrogen-bond acceptors (Lipinski definition) is 2. The number of carbonyl (C=O) groups excluding carboxylic acids is 2. The number of rotatable bonds is 2. The summed E-state index contributed by atoms with van der Waals surface area (Å²) in [6.45, 7) is 0. The van der Waals surface area contributed by atoms with Gasteiger partial charge in [0.25, 0.3) is 5.91 Å². The molecule has 1 aliphatic rings. The van der Waals surface area contributed by atoms with E-state index in [9.17, 15) is 40.3 Å². The van der Waals surface area contributed by atoms with Crippen LogP contribution in [0.1, 0.15) is 28.8 Å². The summed E-state index contributed by atoms with van der Waals surface area (Å²) in [5.41, 5.74) is -2.47. The van der Waals surface area contributed by atoms with Crippen molar-refractivity contribution >= 4 is 11.7 Å². The number of nitrogens with one attached hydrogen (secondary N) is 1. The number of benzene rings is 1. The van der Waals surface area contributed by atoms with E-state index in [0.29, 0.717) is 12.1 Å². The molecule has 0 heterocycles. The fourth-order valence-electron chi connectivity index (χ4n) is 2.30. The molecule has 2 rings (SSSR count). The Bertz CT molecular complexity index is 734. The van der Waals surface area contributed by atoms with Crippen LogP contribution in [0.15, 0.2) is 30.0 Å². The van der Waals surface area contributed by atoms with Gasteiger partial charge in [-0.1, -0.05) is 0 Å². The van der Waals surface area contributed by atoms with Crippen molar-refractivity contribution in [3.8, 4) is 0 Å². The van der Waals surface area contributed by atoms with Crippen molar-refractivity contribution in [3.05, 3.63) is 46.9 Å². The molecule has 0 fully saturated rings. The second kappa shape index (κ2) is 6.49. The summed E-state index contributed by atoms with van der Waals surface area (Å²) < 4.78 is 89.2. The molecule has 1 aromatic rings. The third kappa shape index (κ3) is 4.58. The molecule has 0 aromatic heterocycles. The van der Waals surface area contributed by atoms with E-state index in [1.165, 1.54) is 0 Å². The van der Waals surface area contributed by atoms with Gasteiger partial charge in [0.1, 0.15) is 5.82 Å². The van der Waals surface area contributed by atoms with Crippen LogP contribution >= 0.6 is 0 Å². The number of allylic oxidation sites excluding steroid dienone is 2. The Balaban J connectivity index is 2.18. The Morgan fingerprint density at radius 3 is 2.24 bits per heavy atom. The Morgan fingerprint density at radius 1 is 1.08 bits per heavy atom. The van der Waals surface area contributed by atoms with Crippen LogP contribution in [0.3, 0.4) is 0 Å². The van der Waals surface area contributed by atoms with Crippen LogP contribution in [0.25, 0.3) is 0 Å². The highest BCUT2D eigenvalue weighted by atomic mass is 19.4. The molecule has 1 N–H and O–H groups in total. The molecule has 136 valence electrons. The lowest BCUT2D eigenvalue weighted by molar-refractivity contribution is -0.178. The fourth-order valence-corrected chi connectivity index (χ4v) is 2.30. The zero-order chi connectivity index (χ0) is 19.0. The second-order valence-corrected chi connectivity index (χ2v) is 5.43. The van der Waals surface area contributed by atoms with E-state index >= 15 is 0 Å². The van der Waals surface area contributed by atoms with Gasteiger partial charge in [0.15, 0.2) is 5.78 Å². The topological polar surface area (TPSA) is 46.2 Å². The van der Waals surface area contributed by atoms with E-state index in [1.807, 2.05) is 5.32 Å². The molecule has 0 saturated carbocycles. The smallest absolute Gasteiger partial charge is 0.325 e. The summed E-state index contributed by atoms with van der Waals surface area (Å²) >= 11 is 0. The first-order valence-electron chi connectivity index (χ1n) is 6.86. The Labute approximate surface area is 136 Å². The van der Waals surface area contributed by atoms with Crippen molar-refractivity contribution in [2.75, 3.05) is 0 Å². The van der Waals surface area contributed by atoms with Crippen molar-refractivity contribution < 1.29 is 40.3 Å². The van der Waals surface area contributed by atoms with Gasteiger partial charge in [-0.25, -0.2) is 4.39 Å². The quantitative estimate of drug-likeness (QED) is 0.801. The average molecular weight is 369 g/mol. The van der Waals surface area contributed by atoms with Crippen molar-refractivity contribution in [3.63, 3.8) is 0 Å². The summed E-state index contributed by atoms with van der Waals surface area (Å²) in [7, 11) is 0. The van der Waals surface area contributed by atoms with Crippen LogP contribution in [0.5, 0.6) is 0 Å². The molecular weight excluding hydrogens is 359 g/mol. The molecule has 1 unspecified atom stereocenters. The number of halogens is 7. The molecule has 0 radical (unpaired) electrons. The van der Waals surface area contributed by atoms with Gasteiger partial charge in [-0.2, -0.15) is 26.3 Å². The van der Waals surface area contributed by atoms with E-state index in [4.69, 9.17) is 0 Å². The van der Waals surface area contributed by atoms with Gasteiger partial charge >= 0.3 is 12.4 Å². The molecule has 3 nitrogen and oxygen atoms in total. The summed E-state index contributed by atoms with van der Waals surface area (Å²) in [4.78, 5) is 23.2. The van der Waals surface area contributed by atoms with Crippen LogP contribution in [0.4, 0.5) is 30.7 Å². The molecule has 1 aromatic carbocycles. The SMILES string of the molecule is O=C1C=C(NC(=O)c2ccc(C(F)(F)F)cc2F)CC(C(F)(F)F)C1. The van der Waals surface area contributed by atoms with Gasteiger partial charge in [0, 0.05) is 18.2 Å². The molecule has 0 bridgehead atoms. The molecule has 25 heavy (non-hydrogen) atoms. The predicted molar refractivity (Wildman–Crippen MR) is 70.7 cm³/mol. The van der Waals surface area contributed by atoms with Crippen LogP contribution in [0.2, 0.25) is 0 Å². The Kier molecular flexibility index (Phi) is 4.92. The highest BCUT2D eigenvalue weighted by molar-refractivity contribution is 5.97. The lowest BCUT2D eigenvalue weighted by Crippen LogP contribution is -2.34. The van der Waals surface area contributed by atoms with E-state index in [2.05, 4.69) is 0 Å². The third-order valence-electron chi connectivity index (χ3n) is 3.53. The highest BCUT2D eigenvalue weighted by Crippen LogP contribution is 2.36. The van der Waals surface area contributed by atoms with Crippen molar-refractivity contribution in [1.82, 2.24) is 5.32 Å². The monoisotopic (exact) mass is 369 g/mol. The summed E-state index contributed by atoms with van der Waals surface area (Å²) in [5.74, 6) is -5.58. The zero-order valence-corrected chi connectivity index (χ0v) is 12.3. The van der Waals surface area contributed by atoms with E-state index in [0.717, 1.165) is 6.08 Å². The molecular formula is C15H10F7NO2. The van der Waals surface area contributed by atoms with Crippen molar-refractivity contribution in [2.45, 2.75) is 25.2 Å². The molecule has 10 heteroatoms. The first kappa shape index (κ1) is 18.9. The van der Waals surface area contributed by atoms with E-state index in [-0.39, 0.29) is 11.8 Å². The van der Waals surface area contributed by atoms with E-state index < -0.39 is 59.7 Å². The minimum Gasteiger partial charge on any atom is -0.325 e. The normalized spacial score (nSPS) is 18.8. The number of ketones is 1. The van der Waals surface area contributed by atoms with Gasteiger partial charge in [0.2, 0.25) is 0 Å². The number of carbonyl (C=O) groups is 2. The van der Waals surface area contributed by atoms with Gasteiger partial charge in [-0.3, -0.25) is 9.59 Å². The van der Waals surface area contributed by atoms with Gasteiger partial charge in [0.05, 0.1) is 17.0 Å². The fraction of sp³-hybridized carbons (Fsp3) is 0.333. The number of amides is 1. The van der Waals surface area contributed by atoms with Crippen LogP contribution in [0, 0.1) is 11.7 Å². The van der Waals surface area contributed by atoms with E-state index in [1.54, 1.807) is 0 Å². The molecule has 1 atom stereocenters. The number of alkyl halides is 6. The highest BCUT2D eigenvalue weighted by Gasteiger charge is 2.42. The van der Waals surface area contributed by atoms with Crippen molar-refractivity contribution in [1.29, 1.82) is 0 Å². The van der Waals surface area contributed by atoms with Gasteiger partial charge in [-0.15, -0.1) is 0 Å². The average Bonchev–Trinajstić information content (AvgIpc) is 2.44. The minimum absolute atomic E-state index is 0.105. The summed E-state index contributed by atoms with van der Waals surface area (Å²) in [5, 5.41) is 1.95. The minimum atomic E-state index is -4.81. The zero-order valence-electron chi connectivity index (χ0n) is 12.3. The molecule has 1 amide bonds. The molecule has 1 aliphatic carbocycles. The maximum Gasteiger partial charge on any atom is 0.416 e. The largest absolute Gasteiger partial charge is 0.416 e. The van der Waals surface area contributed by atoms with Crippen LogP contribution in [-0.2, 0) is 11.0 Å². The Hall–Kier alpha value is -2.39. The standard InChI is InChI=1S/C15H10F7NO2/c16-12-5-7(14(17,18)19)1-2-11(12)13(25)23-9-3-8(15(20,21)22)4-10(24)6-9/h1-2,5-6,8H,3-4H2,(H,23,25). The lowest BCUT2D eigenvalue weighted by Gasteiger charge is -2.24. The molecule has 0 aliphatic heterocycles. The molecule has 0 spiro atoms. The van der Waals surface area contributed by atoms with Crippen molar-refractivity contribution in [2.24, 2.45) is 5.92 Å². The van der Waals surface area contributed by atoms with Crippen LogP contribution in [-0.4, -0.2) is 17.9 Å². The summed E-state index contributed by atoms with van der Waals surface area (Å²) in [6.07, 6.45) is -10.1. The lowest BCUT2D eigenvalue weighted by atomic mass is 9.90. The predicted octanol–water partition coefficient (Wildman–Crippen LogP) is 4.00. The second-order valence-electron chi connectivity index (χ2n) is 5.43. The maximum absolute atomic E-state index is 13.7. The number of hydrogen-bond donors (Lipinski definition) is 1. The van der Waals surface area contributed by atoms with Gasteiger partial charge in [-0.05, 0) is 24.6 Å².